The minimum atomic E-state index is -4.60. The molecule has 1 heterocycles. The van der Waals surface area contributed by atoms with E-state index < -0.39 is 40.5 Å². The Morgan fingerprint density at radius 3 is 2.58 bits per heavy atom. The predicted molar refractivity (Wildman–Crippen MR) is 86.6 cm³/mol. The number of hydrogen-bond acceptors (Lipinski definition) is 4. The summed E-state index contributed by atoms with van der Waals surface area (Å²) >= 11 is 0. The van der Waals surface area contributed by atoms with E-state index in [9.17, 15) is 26.4 Å². The highest BCUT2D eigenvalue weighted by atomic mass is 32.2. The van der Waals surface area contributed by atoms with Gasteiger partial charge in [-0.15, -0.1) is 0 Å². The van der Waals surface area contributed by atoms with Gasteiger partial charge in [0.2, 0.25) is 10.0 Å². The number of nitrogens with zero attached hydrogens (tertiary/aromatic N) is 1. The van der Waals surface area contributed by atoms with Crippen molar-refractivity contribution in [2.45, 2.75) is 43.2 Å². The largest absolute Gasteiger partial charge is 0.416 e. The van der Waals surface area contributed by atoms with Crippen molar-refractivity contribution >= 4 is 16.1 Å². The topological polar surface area (TPSA) is 102 Å². The first-order valence-electron chi connectivity index (χ1n) is 7.68. The first kappa shape index (κ1) is 20.5. The molecule has 146 valence electrons. The van der Waals surface area contributed by atoms with E-state index in [0.29, 0.717) is 0 Å². The summed E-state index contributed by atoms with van der Waals surface area (Å²) in [5.41, 5.74) is -0.933. The van der Waals surface area contributed by atoms with Gasteiger partial charge < -0.3 is 15.0 Å². The van der Waals surface area contributed by atoms with E-state index >= 15 is 0 Å². The van der Waals surface area contributed by atoms with Crippen molar-refractivity contribution in [3.05, 3.63) is 29.8 Å². The lowest BCUT2D eigenvalue weighted by molar-refractivity contribution is -0.267. The average molecular weight is 395 g/mol. The molecular formula is C15H20F3N3O4S. The molecule has 0 spiro atoms. The number of amides is 2. The first-order chi connectivity index (χ1) is 11.8. The lowest BCUT2D eigenvalue weighted by Gasteiger charge is -2.43. The fraction of sp³-hybridized carbons (Fsp3) is 0.533. The smallest absolute Gasteiger partial charge is 0.359 e. The van der Waals surface area contributed by atoms with Crippen LogP contribution in [0.15, 0.2) is 29.2 Å². The van der Waals surface area contributed by atoms with E-state index in [0.717, 1.165) is 4.90 Å². The van der Waals surface area contributed by atoms with Crippen LogP contribution in [0.5, 0.6) is 0 Å². The van der Waals surface area contributed by atoms with Crippen LogP contribution in [0.4, 0.5) is 18.0 Å². The molecule has 0 saturated carbocycles. The van der Waals surface area contributed by atoms with Gasteiger partial charge in [-0.05, 0) is 25.5 Å². The third-order valence-electron chi connectivity index (χ3n) is 3.78. The molecule has 1 aliphatic rings. The van der Waals surface area contributed by atoms with Gasteiger partial charge in [0.25, 0.3) is 0 Å². The van der Waals surface area contributed by atoms with Gasteiger partial charge in [-0.2, -0.15) is 13.2 Å². The summed E-state index contributed by atoms with van der Waals surface area (Å²) in [5, 5.41) is 7.55. The summed E-state index contributed by atoms with van der Waals surface area (Å²) in [7, 11) is -3.99. The number of ether oxygens (including phenoxy) is 1. The third-order valence-corrected chi connectivity index (χ3v) is 4.79. The highest BCUT2D eigenvalue weighted by molar-refractivity contribution is 7.89. The van der Waals surface area contributed by atoms with Crippen molar-refractivity contribution in [3.63, 3.8) is 0 Å². The molecule has 1 unspecified atom stereocenters. The quantitative estimate of drug-likeness (QED) is 0.811. The Hall–Kier alpha value is -1.85. The number of halogens is 3. The van der Waals surface area contributed by atoms with Crippen LogP contribution < -0.4 is 10.5 Å². The minimum absolute atomic E-state index is 0.0394. The summed E-state index contributed by atoms with van der Waals surface area (Å²) in [6.45, 7) is 2.04. The van der Waals surface area contributed by atoms with E-state index in [1.54, 1.807) is 6.07 Å². The summed E-state index contributed by atoms with van der Waals surface area (Å²) in [6.07, 6.45) is -6.69. The van der Waals surface area contributed by atoms with Crippen LogP contribution in [0, 0.1) is 0 Å². The van der Waals surface area contributed by atoms with Gasteiger partial charge in [-0.25, -0.2) is 18.4 Å². The third kappa shape index (κ3) is 5.08. The molecule has 0 aromatic heterocycles. The zero-order valence-corrected chi connectivity index (χ0v) is 15.0. The fourth-order valence-electron chi connectivity index (χ4n) is 2.72. The van der Waals surface area contributed by atoms with Crippen molar-refractivity contribution < 1.29 is 31.1 Å². The zero-order chi connectivity index (χ0) is 19.8. The number of primary sulfonamides is 1. The molecule has 0 bridgehead atoms. The molecule has 2 rings (SSSR count). The number of morpholine rings is 1. The maximum Gasteiger partial charge on any atom is 0.416 e. The van der Waals surface area contributed by atoms with E-state index in [2.05, 4.69) is 5.32 Å². The van der Waals surface area contributed by atoms with Crippen LogP contribution in [-0.4, -0.2) is 50.3 Å². The molecule has 0 aliphatic carbocycles. The monoisotopic (exact) mass is 395 g/mol. The lowest BCUT2D eigenvalue weighted by Crippen LogP contribution is -2.60. The van der Waals surface area contributed by atoms with E-state index in [1.807, 2.05) is 0 Å². The Morgan fingerprint density at radius 2 is 2.00 bits per heavy atom. The van der Waals surface area contributed by atoms with Gasteiger partial charge in [0.15, 0.2) is 6.10 Å². The summed E-state index contributed by atoms with van der Waals surface area (Å²) in [4.78, 5) is 13.1. The number of urea groups is 1. The molecule has 1 saturated heterocycles. The van der Waals surface area contributed by atoms with Crippen LogP contribution in [0.25, 0.3) is 0 Å². The fourth-order valence-corrected chi connectivity index (χ4v) is 3.49. The van der Waals surface area contributed by atoms with Gasteiger partial charge >= 0.3 is 12.2 Å². The number of nitrogens with two attached hydrogens (primary N) is 1. The van der Waals surface area contributed by atoms with E-state index in [1.165, 1.54) is 32.0 Å². The normalized spacial score (nSPS) is 20.7. The van der Waals surface area contributed by atoms with Crippen molar-refractivity contribution in [3.8, 4) is 0 Å². The summed E-state index contributed by atoms with van der Waals surface area (Å²) in [5.74, 6) is 0. The predicted octanol–water partition coefficient (Wildman–Crippen LogP) is 1.59. The number of alkyl halides is 3. The zero-order valence-electron chi connectivity index (χ0n) is 14.2. The van der Waals surface area contributed by atoms with Crippen molar-refractivity contribution in [2.24, 2.45) is 5.14 Å². The highest BCUT2D eigenvalue weighted by Crippen LogP contribution is 2.31. The summed E-state index contributed by atoms with van der Waals surface area (Å²) in [6, 6.07) is 5.03. The highest BCUT2D eigenvalue weighted by Gasteiger charge is 2.49. The Kier molecular flexibility index (Phi) is 5.54. The van der Waals surface area contributed by atoms with E-state index in [-0.39, 0.29) is 23.5 Å². The Labute approximate surface area is 149 Å². The second-order valence-corrected chi connectivity index (χ2v) is 8.13. The molecule has 3 N–H and O–H groups in total. The number of hydrogen-bond donors (Lipinski definition) is 2. The Balaban J connectivity index is 2.11. The van der Waals surface area contributed by atoms with Crippen LogP contribution >= 0.6 is 0 Å². The molecule has 0 radical (unpaired) electrons. The second-order valence-electron chi connectivity index (χ2n) is 6.60. The molecule has 1 atom stereocenters. The SMILES string of the molecule is CC1(C)CN(C(=O)NCc2ccccc2S(N)(=O)=O)CC(C(F)(F)F)O1. The molecule has 1 aromatic carbocycles. The standard InChI is InChI=1S/C15H20F3N3O4S/c1-14(2)9-21(8-12(25-14)15(16,17)18)13(22)20-7-10-5-3-4-6-11(10)26(19,23)24/h3-6,12H,7-9H2,1-2H3,(H,20,22)(H2,19,23,24). The molecule has 1 aromatic rings. The molecule has 7 nitrogen and oxygen atoms in total. The second kappa shape index (κ2) is 7.05. The molecular weight excluding hydrogens is 375 g/mol. The average Bonchev–Trinajstić information content (AvgIpc) is 2.49. The number of sulfonamides is 1. The summed E-state index contributed by atoms with van der Waals surface area (Å²) < 4.78 is 67.1. The molecule has 1 fully saturated rings. The number of benzene rings is 1. The maximum atomic E-state index is 13.0. The van der Waals surface area contributed by atoms with Crippen LogP contribution in [0.2, 0.25) is 0 Å². The molecule has 26 heavy (non-hydrogen) atoms. The van der Waals surface area contributed by atoms with Gasteiger partial charge in [0.1, 0.15) is 0 Å². The first-order valence-corrected chi connectivity index (χ1v) is 9.22. The Morgan fingerprint density at radius 1 is 1.38 bits per heavy atom. The number of nitrogens with one attached hydrogen (secondary N) is 1. The van der Waals surface area contributed by atoms with Gasteiger partial charge in [-0.1, -0.05) is 18.2 Å². The lowest BCUT2D eigenvalue weighted by atomic mass is 10.1. The maximum absolute atomic E-state index is 13.0. The molecule has 11 heteroatoms. The van der Waals surface area contributed by atoms with E-state index in [4.69, 9.17) is 9.88 Å². The van der Waals surface area contributed by atoms with Gasteiger partial charge in [0.05, 0.1) is 23.6 Å². The van der Waals surface area contributed by atoms with Crippen molar-refractivity contribution in [1.29, 1.82) is 0 Å². The number of carbonyl (C=O) groups excluding carboxylic acids is 1. The van der Waals surface area contributed by atoms with Gasteiger partial charge in [0, 0.05) is 6.54 Å². The van der Waals surface area contributed by atoms with Gasteiger partial charge in [-0.3, -0.25) is 0 Å². The van der Waals surface area contributed by atoms with Crippen LogP contribution in [0.3, 0.4) is 0 Å². The van der Waals surface area contributed by atoms with Crippen molar-refractivity contribution in [2.75, 3.05) is 13.1 Å². The number of carbonyl (C=O) groups is 1. The van der Waals surface area contributed by atoms with Crippen molar-refractivity contribution in [1.82, 2.24) is 10.2 Å². The molecule has 1 aliphatic heterocycles. The minimum Gasteiger partial charge on any atom is -0.359 e. The van der Waals surface area contributed by atoms with Crippen LogP contribution in [-0.2, 0) is 21.3 Å². The Bertz CT molecular complexity index is 781. The molecule has 2 amide bonds. The van der Waals surface area contributed by atoms with Crippen LogP contribution in [0.1, 0.15) is 19.4 Å². The number of rotatable bonds is 3.